The highest BCUT2D eigenvalue weighted by Gasteiger charge is 2.44. The van der Waals surface area contributed by atoms with Crippen LogP contribution in [-0.4, -0.2) is 21.8 Å². The molecule has 0 aromatic heterocycles. The van der Waals surface area contributed by atoms with E-state index in [2.05, 4.69) is 27.7 Å². The lowest BCUT2D eigenvalue weighted by atomic mass is 10.5. The summed E-state index contributed by atoms with van der Waals surface area (Å²) >= 11 is 0. The largest absolute Gasteiger partial charge is 0.394 e. The van der Waals surface area contributed by atoms with E-state index >= 15 is 0 Å². The van der Waals surface area contributed by atoms with Crippen LogP contribution in [0.2, 0.25) is 11.1 Å². The molecular formula is C10H24O2Si. The molecule has 0 rings (SSSR count). The molecule has 0 saturated carbocycles. The van der Waals surface area contributed by atoms with E-state index in [9.17, 15) is 0 Å². The van der Waals surface area contributed by atoms with Crippen molar-refractivity contribution >= 4 is 8.56 Å². The molecule has 0 aliphatic heterocycles. The zero-order chi connectivity index (χ0) is 10.5. The fourth-order valence-corrected chi connectivity index (χ4v) is 5.48. The Morgan fingerprint density at radius 2 is 1.15 bits per heavy atom. The molecule has 0 aromatic carbocycles. The molecule has 0 amide bonds. The minimum Gasteiger partial charge on any atom is -0.394 e. The third kappa shape index (κ3) is 3.08. The molecule has 3 heteroatoms. The second kappa shape index (κ2) is 5.78. The lowest BCUT2D eigenvalue weighted by molar-refractivity contribution is 0.167. The van der Waals surface area contributed by atoms with Crippen LogP contribution in [0.4, 0.5) is 0 Å². The molecule has 2 nitrogen and oxygen atoms in total. The van der Waals surface area contributed by atoms with Crippen LogP contribution >= 0.6 is 0 Å². The predicted octanol–water partition coefficient (Wildman–Crippen LogP) is 3.32. The summed E-state index contributed by atoms with van der Waals surface area (Å²) in [5, 5.41) is 0. The Kier molecular flexibility index (Phi) is 5.84. The van der Waals surface area contributed by atoms with Crippen molar-refractivity contribution in [3.63, 3.8) is 0 Å². The van der Waals surface area contributed by atoms with Gasteiger partial charge >= 0.3 is 8.56 Å². The molecule has 13 heavy (non-hydrogen) atoms. The van der Waals surface area contributed by atoms with Crippen molar-refractivity contribution < 1.29 is 8.85 Å². The molecule has 0 atom stereocenters. The van der Waals surface area contributed by atoms with E-state index < -0.39 is 8.56 Å². The lowest BCUT2D eigenvalue weighted by Crippen LogP contribution is -2.48. The van der Waals surface area contributed by atoms with Gasteiger partial charge in [-0.3, -0.25) is 0 Å². The van der Waals surface area contributed by atoms with Gasteiger partial charge in [-0.25, -0.2) is 0 Å². The van der Waals surface area contributed by atoms with Crippen LogP contribution in [0.15, 0.2) is 0 Å². The van der Waals surface area contributed by atoms with Gasteiger partial charge in [0, 0.05) is 13.2 Å². The minimum absolute atomic E-state index is 0.521. The highest BCUT2D eigenvalue weighted by molar-refractivity contribution is 6.70. The van der Waals surface area contributed by atoms with Gasteiger partial charge in [0.1, 0.15) is 0 Å². The highest BCUT2D eigenvalue weighted by Crippen LogP contribution is 2.34. The molecule has 0 heterocycles. The van der Waals surface area contributed by atoms with E-state index in [1.54, 1.807) is 0 Å². The summed E-state index contributed by atoms with van der Waals surface area (Å²) in [5.74, 6) is 0. The summed E-state index contributed by atoms with van der Waals surface area (Å²) in [6.45, 7) is 14.5. The molecular weight excluding hydrogens is 180 g/mol. The molecule has 0 N–H and O–H groups in total. The molecule has 0 saturated heterocycles. The van der Waals surface area contributed by atoms with Gasteiger partial charge in [0.2, 0.25) is 0 Å². The van der Waals surface area contributed by atoms with Gasteiger partial charge in [-0.1, -0.05) is 27.7 Å². The predicted molar refractivity (Wildman–Crippen MR) is 59.2 cm³/mol. The Bertz CT molecular complexity index is 119. The maximum atomic E-state index is 5.91. The molecule has 0 radical (unpaired) electrons. The van der Waals surface area contributed by atoms with Crippen LogP contribution in [0.25, 0.3) is 0 Å². The van der Waals surface area contributed by atoms with Gasteiger partial charge in [-0.05, 0) is 24.9 Å². The van der Waals surface area contributed by atoms with Gasteiger partial charge in [-0.15, -0.1) is 0 Å². The average Bonchev–Trinajstić information content (AvgIpc) is 2.03. The summed E-state index contributed by atoms with van der Waals surface area (Å²) in [5.41, 5.74) is 1.04. The first-order valence-corrected chi connectivity index (χ1v) is 7.26. The van der Waals surface area contributed by atoms with Crippen molar-refractivity contribution in [3.05, 3.63) is 0 Å². The first-order valence-electron chi connectivity index (χ1n) is 5.29. The van der Waals surface area contributed by atoms with E-state index in [0.717, 1.165) is 13.2 Å². The monoisotopic (exact) mass is 204 g/mol. The Balaban J connectivity index is 4.59. The molecule has 0 fully saturated rings. The Morgan fingerprint density at radius 1 is 0.846 bits per heavy atom. The van der Waals surface area contributed by atoms with Crippen molar-refractivity contribution in [2.24, 2.45) is 0 Å². The third-order valence-corrected chi connectivity index (χ3v) is 7.05. The van der Waals surface area contributed by atoms with Crippen molar-refractivity contribution in [2.45, 2.75) is 52.6 Å². The first-order chi connectivity index (χ1) is 6.01. The summed E-state index contributed by atoms with van der Waals surface area (Å²) in [6.07, 6.45) is 0. The quantitative estimate of drug-likeness (QED) is 0.618. The standard InChI is InChI=1S/C10H24O2Si/c1-7-11-13(9(3)4,10(5)6)12-8-2/h9-10H,7-8H2,1-6H3. The van der Waals surface area contributed by atoms with Crippen LogP contribution in [-0.2, 0) is 8.85 Å². The van der Waals surface area contributed by atoms with Gasteiger partial charge in [0.15, 0.2) is 0 Å². The van der Waals surface area contributed by atoms with Gasteiger partial charge in [-0.2, -0.15) is 0 Å². The molecule has 0 spiro atoms. The maximum Gasteiger partial charge on any atom is 0.343 e. The number of hydrogen-bond donors (Lipinski definition) is 0. The topological polar surface area (TPSA) is 18.5 Å². The van der Waals surface area contributed by atoms with Crippen LogP contribution in [0.5, 0.6) is 0 Å². The van der Waals surface area contributed by atoms with Crippen LogP contribution in [0.3, 0.4) is 0 Å². The maximum absolute atomic E-state index is 5.91. The van der Waals surface area contributed by atoms with Crippen LogP contribution < -0.4 is 0 Å². The van der Waals surface area contributed by atoms with E-state index in [1.165, 1.54) is 0 Å². The van der Waals surface area contributed by atoms with Gasteiger partial charge in [0.05, 0.1) is 0 Å². The smallest absolute Gasteiger partial charge is 0.343 e. The molecule has 80 valence electrons. The highest BCUT2D eigenvalue weighted by atomic mass is 28.4. The average molecular weight is 204 g/mol. The Labute approximate surface area is 83.9 Å². The molecule has 0 bridgehead atoms. The summed E-state index contributed by atoms with van der Waals surface area (Å²) < 4.78 is 11.8. The van der Waals surface area contributed by atoms with Gasteiger partial charge in [0.25, 0.3) is 0 Å². The summed E-state index contributed by atoms with van der Waals surface area (Å²) in [7, 11) is -1.95. The normalized spacial score (nSPS) is 12.9. The summed E-state index contributed by atoms with van der Waals surface area (Å²) in [6, 6.07) is 0. The Morgan fingerprint density at radius 3 is 1.31 bits per heavy atom. The van der Waals surface area contributed by atoms with E-state index in [0.29, 0.717) is 11.1 Å². The lowest BCUT2D eigenvalue weighted by Gasteiger charge is -2.36. The SMILES string of the molecule is CCO[Si](OCC)(C(C)C)C(C)C. The van der Waals surface area contributed by atoms with Crippen molar-refractivity contribution in [3.8, 4) is 0 Å². The fraction of sp³-hybridized carbons (Fsp3) is 1.00. The van der Waals surface area contributed by atoms with Crippen molar-refractivity contribution in [1.29, 1.82) is 0 Å². The fourth-order valence-electron chi connectivity index (χ4n) is 1.83. The summed E-state index contributed by atoms with van der Waals surface area (Å²) in [4.78, 5) is 0. The molecule has 0 aliphatic rings. The molecule has 0 unspecified atom stereocenters. The first kappa shape index (κ1) is 13.1. The van der Waals surface area contributed by atoms with E-state index in [1.807, 2.05) is 13.8 Å². The van der Waals surface area contributed by atoms with Crippen LogP contribution in [0, 0.1) is 0 Å². The number of hydrogen-bond acceptors (Lipinski definition) is 2. The second-order valence-corrected chi connectivity index (χ2v) is 8.23. The minimum atomic E-state index is -1.95. The van der Waals surface area contributed by atoms with E-state index in [-0.39, 0.29) is 0 Å². The van der Waals surface area contributed by atoms with Gasteiger partial charge < -0.3 is 8.85 Å². The second-order valence-electron chi connectivity index (χ2n) is 3.90. The number of rotatable bonds is 6. The van der Waals surface area contributed by atoms with Crippen molar-refractivity contribution in [1.82, 2.24) is 0 Å². The zero-order valence-electron chi connectivity index (χ0n) is 9.89. The molecule has 0 aromatic rings. The third-order valence-electron chi connectivity index (χ3n) is 2.35. The Hall–Kier alpha value is 0.137. The zero-order valence-corrected chi connectivity index (χ0v) is 10.9. The molecule has 0 aliphatic carbocycles. The van der Waals surface area contributed by atoms with Crippen molar-refractivity contribution in [2.75, 3.05) is 13.2 Å². The van der Waals surface area contributed by atoms with Crippen LogP contribution in [0.1, 0.15) is 41.5 Å². The van der Waals surface area contributed by atoms with E-state index in [4.69, 9.17) is 8.85 Å².